The smallest absolute Gasteiger partial charge is 0.387 e. The van der Waals surface area contributed by atoms with Crippen LogP contribution in [0.1, 0.15) is 6.92 Å². The number of carboxylic acid groups (broad SMARTS) is 1. The van der Waals surface area contributed by atoms with Crippen molar-refractivity contribution in [3.8, 4) is 11.5 Å². The van der Waals surface area contributed by atoms with Gasteiger partial charge in [0.05, 0.1) is 0 Å². The number of hydrogen-bond acceptors (Lipinski definition) is 6. The average Bonchev–Trinajstić information content (AvgIpc) is 2.48. The lowest BCUT2D eigenvalue weighted by atomic mass is 10.3. The number of aromatic nitrogens is 1. The molecule has 22 heavy (non-hydrogen) atoms. The molecule has 2 N–H and O–H groups in total. The first kappa shape index (κ1) is 15.2. The van der Waals surface area contributed by atoms with Gasteiger partial charge in [0.15, 0.2) is 11.9 Å². The normalized spacial score (nSPS) is 11.5. The highest BCUT2D eigenvalue weighted by atomic mass is 16.6. The van der Waals surface area contributed by atoms with Gasteiger partial charge in [-0.15, -0.1) is 0 Å². The predicted octanol–water partition coefficient (Wildman–Crippen LogP) is 2.67. The minimum absolute atomic E-state index is 0.0201. The van der Waals surface area contributed by atoms with Gasteiger partial charge in [-0.25, -0.2) is 0 Å². The summed E-state index contributed by atoms with van der Waals surface area (Å²) in [5, 5.41) is 22.4. The fraction of sp³-hybridized carbons (Fsp3) is 0.143. The van der Waals surface area contributed by atoms with Gasteiger partial charge in [-0.3, -0.25) is 4.79 Å². The number of anilines is 1. The maximum absolute atomic E-state index is 11.0. The molecule has 0 amide bonds. The minimum atomic E-state index is -1.14. The number of carbonyl (C=O) groups is 1. The van der Waals surface area contributed by atoms with Gasteiger partial charge in [0, 0.05) is 6.07 Å². The van der Waals surface area contributed by atoms with Crippen LogP contribution in [0.2, 0.25) is 0 Å². The minimum Gasteiger partial charge on any atom is -0.480 e. The molecule has 0 radical (unpaired) electrons. The summed E-state index contributed by atoms with van der Waals surface area (Å²) in [5.74, 6) is -0.801. The van der Waals surface area contributed by atoms with Crippen LogP contribution in [0.5, 0.6) is 11.5 Å². The van der Waals surface area contributed by atoms with Crippen molar-refractivity contribution in [2.75, 3.05) is 5.32 Å². The largest absolute Gasteiger partial charge is 0.480 e. The number of nitrogens with zero attached hydrogens (tertiary/aromatic N) is 2. The van der Waals surface area contributed by atoms with E-state index in [9.17, 15) is 14.9 Å². The van der Waals surface area contributed by atoms with Crippen LogP contribution in [0.15, 0.2) is 42.6 Å². The van der Waals surface area contributed by atoms with Crippen molar-refractivity contribution in [3.63, 3.8) is 0 Å². The Morgan fingerprint density at radius 2 is 2.05 bits per heavy atom. The predicted molar refractivity (Wildman–Crippen MR) is 78.1 cm³/mol. The number of nitrogens with one attached hydrogen (secondary N) is 1. The standard InChI is InChI=1S/C14H13N3O5/c1-9(14(18)19)16-12-7-11(8-15-13(12)17(20)21)22-10-5-3-2-4-6-10/h2-9,16H,1H3,(H,18,19)/t9-/m0/s1. The molecule has 0 saturated heterocycles. The second-order valence-electron chi connectivity index (χ2n) is 4.42. The van der Waals surface area contributed by atoms with Crippen LogP contribution in [-0.2, 0) is 4.79 Å². The van der Waals surface area contributed by atoms with Crippen molar-refractivity contribution >= 4 is 17.5 Å². The van der Waals surface area contributed by atoms with E-state index in [-0.39, 0.29) is 11.4 Å². The fourth-order valence-corrected chi connectivity index (χ4v) is 1.67. The molecular formula is C14H13N3O5. The van der Waals surface area contributed by atoms with Crippen molar-refractivity contribution < 1.29 is 19.6 Å². The zero-order valence-corrected chi connectivity index (χ0v) is 11.6. The maximum Gasteiger partial charge on any atom is 0.387 e. The Bertz CT molecular complexity index is 690. The number of rotatable bonds is 6. The Balaban J connectivity index is 2.30. The SMILES string of the molecule is C[C@H](Nc1cc(Oc2ccccc2)cnc1[N+](=O)[O-])C(=O)O. The summed E-state index contributed by atoms with van der Waals surface area (Å²) in [6, 6.07) is 9.15. The number of pyridine rings is 1. The van der Waals surface area contributed by atoms with Gasteiger partial charge < -0.3 is 25.3 Å². The molecule has 0 aliphatic heterocycles. The van der Waals surface area contributed by atoms with E-state index in [1.165, 1.54) is 19.2 Å². The Hall–Kier alpha value is -3.16. The van der Waals surface area contributed by atoms with Crippen LogP contribution in [0, 0.1) is 10.1 Å². The van der Waals surface area contributed by atoms with E-state index in [0.717, 1.165) is 0 Å². The third-order valence-electron chi connectivity index (χ3n) is 2.74. The van der Waals surface area contributed by atoms with E-state index in [1.807, 2.05) is 6.07 Å². The zero-order valence-electron chi connectivity index (χ0n) is 11.6. The average molecular weight is 303 g/mol. The van der Waals surface area contributed by atoms with Gasteiger partial charge in [0.2, 0.25) is 0 Å². The Morgan fingerprint density at radius 3 is 2.64 bits per heavy atom. The molecule has 1 atom stereocenters. The molecule has 1 aromatic heterocycles. The number of ether oxygens (including phenoxy) is 1. The van der Waals surface area contributed by atoms with E-state index in [1.54, 1.807) is 24.3 Å². The molecule has 1 aromatic carbocycles. The molecule has 0 bridgehead atoms. The van der Waals surface area contributed by atoms with Gasteiger partial charge in [0.1, 0.15) is 17.5 Å². The van der Waals surface area contributed by atoms with E-state index in [2.05, 4.69) is 10.3 Å². The Morgan fingerprint density at radius 1 is 1.36 bits per heavy atom. The number of hydrogen-bond donors (Lipinski definition) is 2. The molecule has 2 aromatic rings. The first-order valence-electron chi connectivity index (χ1n) is 6.34. The first-order chi connectivity index (χ1) is 10.5. The third kappa shape index (κ3) is 3.69. The number of aliphatic carboxylic acids is 1. The quantitative estimate of drug-likeness (QED) is 0.622. The monoisotopic (exact) mass is 303 g/mol. The lowest BCUT2D eigenvalue weighted by molar-refractivity contribution is -0.388. The number of carboxylic acids is 1. The second-order valence-corrected chi connectivity index (χ2v) is 4.42. The van der Waals surface area contributed by atoms with E-state index in [4.69, 9.17) is 9.84 Å². The van der Waals surface area contributed by atoms with Crippen LogP contribution in [0.25, 0.3) is 0 Å². The molecule has 1 heterocycles. The summed E-state index contributed by atoms with van der Waals surface area (Å²) in [4.78, 5) is 24.9. The van der Waals surface area contributed by atoms with Crippen LogP contribution < -0.4 is 10.1 Å². The molecule has 0 aliphatic carbocycles. The Labute approximate surface area is 125 Å². The highest BCUT2D eigenvalue weighted by molar-refractivity contribution is 5.78. The molecule has 0 aliphatic rings. The van der Waals surface area contributed by atoms with E-state index in [0.29, 0.717) is 5.75 Å². The van der Waals surface area contributed by atoms with Gasteiger partial charge >= 0.3 is 11.8 Å². The van der Waals surface area contributed by atoms with E-state index >= 15 is 0 Å². The summed E-state index contributed by atoms with van der Waals surface area (Å²) < 4.78 is 5.52. The second kappa shape index (κ2) is 6.53. The van der Waals surface area contributed by atoms with Crippen molar-refractivity contribution in [2.24, 2.45) is 0 Å². The maximum atomic E-state index is 11.0. The van der Waals surface area contributed by atoms with Crippen LogP contribution in [-0.4, -0.2) is 27.0 Å². The lowest BCUT2D eigenvalue weighted by Crippen LogP contribution is -2.25. The van der Waals surface area contributed by atoms with Crippen LogP contribution >= 0.6 is 0 Å². The van der Waals surface area contributed by atoms with Crippen molar-refractivity contribution in [1.29, 1.82) is 0 Å². The molecule has 8 nitrogen and oxygen atoms in total. The molecule has 0 spiro atoms. The highest BCUT2D eigenvalue weighted by Crippen LogP contribution is 2.29. The molecular weight excluding hydrogens is 290 g/mol. The van der Waals surface area contributed by atoms with Crippen LogP contribution in [0.3, 0.4) is 0 Å². The molecule has 8 heteroatoms. The molecule has 0 saturated carbocycles. The van der Waals surface area contributed by atoms with Gasteiger partial charge in [-0.1, -0.05) is 18.2 Å². The van der Waals surface area contributed by atoms with Crippen molar-refractivity contribution in [1.82, 2.24) is 4.98 Å². The molecule has 114 valence electrons. The van der Waals surface area contributed by atoms with Gasteiger partial charge in [0.25, 0.3) is 0 Å². The Kier molecular flexibility index (Phi) is 4.52. The topological polar surface area (TPSA) is 115 Å². The number of benzene rings is 1. The highest BCUT2D eigenvalue weighted by Gasteiger charge is 2.21. The third-order valence-corrected chi connectivity index (χ3v) is 2.74. The number of para-hydroxylation sites is 1. The lowest BCUT2D eigenvalue weighted by Gasteiger charge is -2.11. The number of nitro groups is 1. The molecule has 2 rings (SSSR count). The fourth-order valence-electron chi connectivity index (χ4n) is 1.67. The van der Waals surface area contributed by atoms with Gasteiger partial charge in [-0.05, 0) is 29.0 Å². The molecule has 0 unspecified atom stereocenters. The summed E-state index contributed by atoms with van der Waals surface area (Å²) in [6.45, 7) is 1.37. The van der Waals surface area contributed by atoms with Crippen molar-refractivity contribution in [3.05, 3.63) is 52.7 Å². The van der Waals surface area contributed by atoms with Gasteiger partial charge in [-0.2, -0.15) is 0 Å². The van der Waals surface area contributed by atoms with Crippen molar-refractivity contribution in [2.45, 2.75) is 13.0 Å². The first-order valence-corrected chi connectivity index (χ1v) is 6.34. The zero-order chi connectivity index (χ0) is 16.1. The van der Waals surface area contributed by atoms with Crippen LogP contribution in [0.4, 0.5) is 11.5 Å². The summed E-state index contributed by atoms with van der Waals surface area (Å²) in [7, 11) is 0. The molecule has 0 fully saturated rings. The van der Waals surface area contributed by atoms with E-state index < -0.39 is 22.8 Å². The summed E-state index contributed by atoms with van der Waals surface area (Å²) in [6.07, 6.45) is 1.21. The summed E-state index contributed by atoms with van der Waals surface area (Å²) >= 11 is 0. The summed E-state index contributed by atoms with van der Waals surface area (Å²) in [5.41, 5.74) is -0.0201.